The predicted octanol–water partition coefficient (Wildman–Crippen LogP) is 0.118. The molecule has 0 radical (unpaired) electrons. The van der Waals surface area contributed by atoms with Gasteiger partial charge >= 0.3 is 0 Å². The van der Waals surface area contributed by atoms with E-state index in [0.717, 1.165) is 4.90 Å². The molecule has 0 atom stereocenters. The van der Waals surface area contributed by atoms with Gasteiger partial charge in [-0.05, 0) is 12.0 Å². The van der Waals surface area contributed by atoms with Crippen LogP contribution in [0, 0.1) is 0 Å². The van der Waals surface area contributed by atoms with Gasteiger partial charge in [-0.25, -0.2) is 0 Å². The van der Waals surface area contributed by atoms with Crippen molar-refractivity contribution in [3.05, 3.63) is 22.6 Å². The molecule has 1 heterocycles. The Labute approximate surface area is 103 Å². The van der Waals surface area contributed by atoms with Crippen molar-refractivity contribution in [2.24, 2.45) is 5.11 Å². The molecule has 0 aromatic rings. The van der Waals surface area contributed by atoms with E-state index in [9.17, 15) is 14.4 Å². The van der Waals surface area contributed by atoms with Gasteiger partial charge in [0.15, 0.2) is 0 Å². The zero-order valence-corrected chi connectivity index (χ0v) is 9.70. The van der Waals surface area contributed by atoms with Crippen molar-refractivity contribution in [3.63, 3.8) is 0 Å². The van der Waals surface area contributed by atoms with E-state index >= 15 is 0 Å². The van der Waals surface area contributed by atoms with Gasteiger partial charge < -0.3 is 5.32 Å². The number of nitrogens with zero attached hydrogens (tertiary/aromatic N) is 4. The number of hydrogen-bond donors (Lipinski definition) is 1. The van der Waals surface area contributed by atoms with Crippen LogP contribution in [0.3, 0.4) is 0 Å². The zero-order valence-electron chi connectivity index (χ0n) is 9.70. The Balaban J connectivity index is 2.15. The highest BCUT2D eigenvalue weighted by Gasteiger charge is 2.23. The second kappa shape index (κ2) is 7.08. The van der Waals surface area contributed by atoms with E-state index in [-0.39, 0.29) is 18.9 Å². The molecular formula is C10H13N5O3. The van der Waals surface area contributed by atoms with Gasteiger partial charge in [0.1, 0.15) is 0 Å². The average molecular weight is 251 g/mol. The van der Waals surface area contributed by atoms with Crippen molar-refractivity contribution >= 4 is 17.7 Å². The van der Waals surface area contributed by atoms with Crippen LogP contribution in [-0.4, -0.2) is 42.3 Å². The fourth-order valence-electron chi connectivity index (χ4n) is 1.38. The third-order valence-corrected chi connectivity index (χ3v) is 2.28. The van der Waals surface area contributed by atoms with Crippen LogP contribution >= 0.6 is 0 Å². The van der Waals surface area contributed by atoms with E-state index in [1.807, 2.05) is 0 Å². The summed E-state index contributed by atoms with van der Waals surface area (Å²) in [6, 6.07) is 0. The highest BCUT2D eigenvalue weighted by Crippen LogP contribution is 2.03. The monoisotopic (exact) mass is 251 g/mol. The molecule has 1 N–H and O–H groups in total. The summed E-state index contributed by atoms with van der Waals surface area (Å²) >= 11 is 0. The molecule has 0 aromatic heterocycles. The normalized spacial score (nSPS) is 13.7. The SMILES string of the molecule is [N-]=[N+]=NCCCNC(=O)CCN1C(=O)C=CC1=O. The lowest BCUT2D eigenvalue weighted by molar-refractivity contribution is -0.137. The Bertz CT molecular complexity index is 407. The van der Waals surface area contributed by atoms with E-state index in [2.05, 4.69) is 15.3 Å². The maximum absolute atomic E-state index is 11.4. The Hall–Kier alpha value is -2.34. The number of nitrogens with one attached hydrogen (secondary N) is 1. The summed E-state index contributed by atoms with van der Waals surface area (Å²) in [6.45, 7) is 0.800. The molecule has 0 unspecified atom stereocenters. The summed E-state index contributed by atoms with van der Waals surface area (Å²) in [6.07, 6.45) is 2.99. The van der Waals surface area contributed by atoms with Gasteiger partial charge in [0.25, 0.3) is 11.8 Å². The topological polar surface area (TPSA) is 115 Å². The molecule has 0 aromatic carbocycles. The summed E-state index contributed by atoms with van der Waals surface area (Å²) in [5, 5.41) is 5.92. The van der Waals surface area contributed by atoms with Crippen molar-refractivity contribution in [2.75, 3.05) is 19.6 Å². The first kappa shape index (κ1) is 13.7. The summed E-state index contributed by atoms with van der Waals surface area (Å²) in [7, 11) is 0. The van der Waals surface area contributed by atoms with E-state index in [1.54, 1.807) is 0 Å². The molecule has 0 fully saturated rings. The van der Waals surface area contributed by atoms with Gasteiger partial charge in [-0.2, -0.15) is 0 Å². The third kappa shape index (κ3) is 4.26. The number of rotatable bonds is 7. The number of carbonyl (C=O) groups excluding carboxylic acids is 3. The minimum absolute atomic E-state index is 0.0701. The molecule has 0 bridgehead atoms. The fourth-order valence-corrected chi connectivity index (χ4v) is 1.38. The van der Waals surface area contributed by atoms with Crippen LogP contribution in [-0.2, 0) is 14.4 Å². The Kier molecular flexibility index (Phi) is 5.40. The number of azide groups is 1. The second-order valence-corrected chi connectivity index (χ2v) is 3.57. The number of imide groups is 1. The largest absolute Gasteiger partial charge is 0.356 e. The molecule has 8 nitrogen and oxygen atoms in total. The van der Waals surface area contributed by atoms with Gasteiger partial charge in [-0.3, -0.25) is 19.3 Å². The van der Waals surface area contributed by atoms with Gasteiger partial charge in [0, 0.05) is 43.1 Å². The molecule has 0 spiro atoms. The first-order valence-corrected chi connectivity index (χ1v) is 5.46. The van der Waals surface area contributed by atoms with Gasteiger partial charge in [0.2, 0.25) is 5.91 Å². The van der Waals surface area contributed by atoms with Crippen LogP contribution in [0.15, 0.2) is 17.3 Å². The van der Waals surface area contributed by atoms with Gasteiger partial charge in [0.05, 0.1) is 0 Å². The van der Waals surface area contributed by atoms with Crippen LogP contribution < -0.4 is 5.32 Å². The van der Waals surface area contributed by atoms with Crippen LogP contribution in [0.25, 0.3) is 10.4 Å². The van der Waals surface area contributed by atoms with Crippen LogP contribution in [0.4, 0.5) is 0 Å². The van der Waals surface area contributed by atoms with Crippen LogP contribution in [0.5, 0.6) is 0 Å². The van der Waals surface area contributed by atoms with E-state index < -0.39 is 11.8 Å². The number of hydrogen-bond acceptors (Lipinski definition) is 4. The first-order chi connectivity index (χ1) is 8.65. The lowest BCUT2D eigenvalue weighted by atomic mass is 10.3. The number of carbonyl (C=O) groups is 3. The maximum Gasteiger partial charge on any atom is 0.253 e. The minimum atomic E-state index is -0.392. The molecule has 1 aliphatic heterocycles. The molecule has 96 valence electrons. The minimum Gasteiger partial charge on any atom is -0.356 e. The maximum atomic E-state index is 11.4. The first-order valence-electron chi connectivity index (χ1n) is 5.46. The Morgan fingerprint density at radius 3 is 2.67 bits per heavy atom. The lowest BCUT2D eigenvalue weighted by Crippen LogP contribution is -2.35. The highest BCUT2D eigenvalue weighted by molar-refractivity contribution is 6.13. The molecule has 1 rings (SSSR count). The van der Waals surface area contributed by atoms with Crippen molar-refractivity contribution < 1.29 is 14.4 Å². The van der Waals surface area contributed by atoms with Crippen LogP contribution in [0.1, 0.15) is 12.8 Å². The van der Waals surface area contributed by atoms with Crippen LogP contribution in [0.2, 0.25) is 0 Å². The standard InChI is InChI=1S/C10H13N5O3/c11-14-13-6-1-5-12-8(16)4-7-15-9(17)2-3-10(15)18/h2-3H,1,4-7H2,(H,12,16). The second-order valence-electron chi connectivity index (χ2n) is 3.57. The molecular weight excluding hydrogens is 238 g/mol. The fraction of sp³-hybridized carbons (Fsp3) is 0.500. The van der Waals surface area contributed by atoms with E-state index in [4.69, 9.17) is 5.53 Å². The number of amides is 3. The molecule has 0 saturated heterocycles. The summed E-state index contributed by atoms with van der Waals surface area (Å²) < 4.78 is 0. The summed E-state index contributed by atoms with van der Waals surface area (Å²) in [4.78, 5) is 37.3. The van der Waals surface area contributed by atoms with E-state index in [0.29, 0.717) is 19.5 Å². The van der Waals surface area contributed by atoms with Crippen molar-refractivity contribution in [2.45, 2.75) is 12.8 Å². The van der Waals surface area contributed by atoms with Gasteiger partial charge in [-0.1, -0.05) is 5.11 Å². The molecule has 1 aliphatic rings. The quantitative estimate of drug-likeness (QED) is 0.228. The average Bonchev–Trinajstić information content (AvgIpc) is 2.66. The molecule has 8 heteroatoms. The highest BCUT2D eigenvalue weighted by atomic mass is 16.2. The van der Waals surface area contributed by atoms with Crippen molar-refractivity contribution in [3.8, 4) is 0 Å². The molecule has 18 heavy (non-hydrogen) atoms. The van der Waals surface area contributed by atoms with Gasteiger partial charge in [-0.15, -0.1) is 0 Å². The summed E-state index contributed by atoms with van der Waals surface area (Å²) in [5.41, 5.74) is 8.03. The Morgan fingerprint density at radius 2 is 2.06 bits per heavy atom. The molecule has 3 amide bonds. The smallest absolute Gasteiger partial charge is 0.253 e. The Morgan fingerprint density at radius 1 is 1.39 bits per heavy atom. The molecule has 0 saturated carbocycles. The molecule has 0 aliphatic carbocycles. The third-order valence-electron chi connectivity index (χ3n) is 2.28. The van der Waals surface area contributed by atoms with Crippen molar-refractivity contribution in [1.29, 1.82) is 0 Å². The predicted molar refractivity (Wildman–Crippen MR) is 62.1 cm³/mol. The van der Waals surface area contributed by atoms with Crippen molar-refractivity contribution in [1.82, 2.24) is 10.2 Å². The van der Waals surface area contributed by atoms with E-state index in [1.165, 1.54) is 12.2 Å². The lowest BCUT2D eigenvalue weighted by Gasteiger charge is -2.13. The summed E-state index contributed by atoms with van der Waals surface area (Å²) in [5.74, 6) is -1.03. The zero-order chi connectivity index (χ0) is 13.4.